The molecule has 5 heterocycles. The summed E-state index contributed by atoms with van der Waals surface area (Å²) in [5.74, 6) is 0.781. The van der Waals surface area contributed by atoms with Crippen molar-refractivity contribution in [1.82, 2.24) is 34.2 Å². The quantitative estimate of drug-likeness (QED) is 0.293. The highest BCUT2D eigenvalue weighted by molar-refractivity contribution is 5.85. The van der Waals surface area contributed by atoms with Crippen molar-refractivity contribution in [2.45, 2.75) is 26.0 Å². The van der Waals surface area contributed by atoms with E-state index < -0.39 is 5.60 Å². The maximum Gasteiger partial charge on any atom is 0.278 e. The molecule has 1 aliphatic rings. The SMILES string of the molecule is C=CCn1c(=O)c2cnc(Nc3ccc4cc(N5CCN(C)CC5)cnc4c3)nc2n1-c1cccc(C(C)(C)O)n1. The third-order valence-corrected chi connectivity index (χ3v) is 7.35. The molecule has 0 bridgehead atoms. The van der Waals surface area contributed by atoms with E-state index in [0.717, 1.165) is 48.5 Å². The standard InChI is InChI=1S/C30H33N9O2/c1-5-11-38-28(40)23-19-32-29(35-27(23)39(38)26-8-6-7-25(34-26)30(2,3)41)33-21-10-9-20-16-22(18-31-24(20)17-21)37-14-12-36(4)13-15-37/h5-10,16-19,41H,1,11-15H2,2-4H3,(H,32,33,35). The maximum atomic E-state index is 13.3. The van der Waals surface area contributed by atoms with Crippen LogP contribution in [0.2, 0.25) is 0 Å². The van der Waals surface area contributed by atoms with E-state index >= 15 is 0 Å². The molecule has 2 N–H and O–H groups in total. The summed E-state index contributed by atoms with van der Waals surface area (Å²) >= 11 is 0. The molecule has 5 aromatic rings. The van der Waals surface area contributed by atoms with Crippen LogP contribution in [0.4, 0.5) is 17.3 Å². The molecule has 0 atom stereocenters. The van der Waals surface area contributed by atoms with Gasteiger partial charge in [-0.25, -0.2) is 19.3 Å². The van der Waals surface area contributed by atoms with Crippen molar-refractivity contribution in [3.05, 3.63) is 83.6 Å². The number of aromatic nitrogens is 6. The predicted molar refractivity (Wildman–Crippen MR) is 161 cm³/mol. The molecule has 11 nitrogen and oxygen atoms in total. The largest absolute Gasteiger partial charge is 0.384 e. The molecule has 0 aliphatic carbocycles. The predicted octanol–water partition coefficient (Wildman–Crippen LogP) is 3.43. The van der Waals surface area contributed by atoms with Gasteiger partial charge in [0.05, 0.1) is 29.6 Å². The molecule has 0 radical (unpaired) electrons. The second-order valence-corrected chi connectivity index (χ2v) is 10.9. The summed E-state index contributed by atoms with van der Waals surface area (Å²) in [5, 5.41) is 15.2. The molecule has 4 aromatic heterocycles. The Labute approximate surface area is 237 Å². The van der Waals surface area contributed by atoms with E-state index in [-0.39, 0.29) is 12.1 Å². The Morgan fingerprint density at radius 3 is 2.61 bits per heavy atom. The molecule has 11 heteroatoms. The topological polar surface area (TPSA) is 117 Å². The Bertz CT molecular complexity index is 1810. The van der Waals surface area contributed by atoms with E-state index in [4.69, 9.17) is 9.97 Å². The van der Waals surface area contributed by atoms with Crippen molar-refractivity contribution in [3.8, 4) is 5.82 Å². The van der Waals surface area contributed by atoms with Gasteiger partial charge in [-0.05, 0) is 51.2 Å². The average Bonchev–Trinajstić information content (AvgIpc) is 3.23. The zero-order valence-electron chi connectivity index (χ0n) is 23.4. The monoisotopic (exact) mass is 551 g/mol. The fourth-order valence-electron chi connectivity index (χ4n) is 5.04. The number of aliphatic hydroxyl groups is 1. The van der Waals surface area contributed by atoms with Crippen LogP contribution in [0.25, 0.3) is 27.8 Å². The fraction of sp³-hybridized carbons (Fsp3) is 0.300. The number of benzene rings is 1. The Morgan fingerprint density at radius 1 is 1.05 bits per heavy atom. The Balaban J connectivity index is 1.35. The number of piperazine rings is 1. The number of anilines is 3. The summed E-state index contributed by atoms with van der Waals surface area (Å²) in [4.78, 5) is 36.5. The van der Waals surface area contributed by atoms with Gasteiger partial charge in [-0.2, -0.15) is 4.98 Å². The summed E-state index contributed by atoms with van der Waals surface area (Å²) in [5.41, 5.74) is 2.22. The van der Waals surface area contributed by atoms with Gasteiger partial charge in [-0.15, -0.1) is 6.58 Å². The minimum atomic E-state index is -1.15. The van der Waals surface area contributed by atoms with Gasteiger partial charge in [0, 0.05) is 43.4 Å². The van der Waals surface area contributed by atoms with E-state index in [1.54, 1.807) is 42.8 Å². The fourth-order valence-corrected chi connectivity index (χ4v) is 5.04. The highest BCUT2D eigenvalue weighted by Gasteiger charge is 2.22. The number of nitrogens with one attached hydrogen (secondary N) is 1. The number of nitrogens with zero attached hydrogens (tertiary/aromatic N) is 8. The van der Waals surface area contributed by atoms with Crippen LogP contribution in [0.1, 0.15) is 19.5 Å². The third kappa shape index (κ3) is 5.17. The molecule has 1 saturated heterocycles. The second-order valence-electron chi connectivity index (χ2n) is 10.9. The van der Waals surface area contributed by atoms with Crippen LogP contribution in [0, 0.1) is 0 Å². The zero-order valence-corrected chi connectivity index (χ0v) is 23.4. The lowest BCUT2D eigenvalue weighted by atomic mass is 10.1. The molecule has 1 aromatic carbocycles. The van der Waals surface area contributed by atoms with Gasteiger partial charge in [0.2, 0.25) is 5.95 Å². The van der Waals surface area contributed by atoms with Gasteiger partial charge in [0.25, 0.3) is 5.56 Å². The maximum absolute atomic E-state index is 13.3. The van der Waals surface area contributed by atoms with Crippen LogP contribution in [-0.4, -0.2) is 72.5 Å². The van der Waals surface area contributed by atoms with Crippen LogP contribution in [0.15, 0.2) is 72.3 Å². The minimum absolute atomic E-state index is 0.249. The highest BCUT2D eigenvalue weighted by Crippen LogP contribution is 2.26. The first-order chi connectivity index (χ1) is 19.7. The first kappa shape index (κ1) is 26.6. The van der Waals surface area contributed by atoms with Crippen LogP contribution >= 0.6 is 0 Å². The molecule has 1 fully saturated rings. The lowest BCUT2D eigenvalue weighted by molar-refractivity contribution is 0.0738. The lowest BCUT2D eigenvalue weighted by Gasteiger charge is -2.33. The van der Waals surface area contributed by atoms with E-state index in [0.29, 0.717) is 28.5 Å². The van der Waals surface area contributed by atoms with Crippen molar-refractivity contribution in [1.29, 1.82) is 0 Å². The van der Waals surface area contributed by atoms with E-state index in [2.05, 4.69) is 44.8 Å². The third-order valence-electron chi connectivity index (χ3n) is 7.35. The number of fused-ring (bicyclic) bond motifs is 2. The second kappa shape index (κ2) is 10.4. The van der Waals surface area contributed by atoms with E-state index in [9.17, 15) is 9.90 Å². The van der Waals surface area contributed by atoms with Gasteiger partial charge in [0.1, 0.15) is 11.0 Å². The van der Waals surface area contributed by atoms with Crippen LogP contribution in [0.3, 0.4) is 0 Å². The zero-order chi connectivity index (χ0) is 28.7. The highest BCUT2D eigenvalue weighted by atomic mass is 16.3. The van der Waals surface area contributed by atoms with Gasteiger partial charge in [-0.3, -0.25) is 9.78 Å². The van der Waals surface area contributed by atoms with Gasteiger partial charge < -0.3 is 20.2 Å². The van der Waals surface area contributed by atoms with Crippen LogP contribution in [0.5, 0.6) is 0 Å². The Hall–Kier alpha value is -4.61. The molecular weight excluding hydrogens is 518 g/mol. The van der Waals surface area contributed by atoms with Gasteiger partial charge in [-0.1, -0.05) is 18.2 Å². The van der Waals surface area contributed by atoms with E-state index in [1.807, 2.05) is 24.4 Å². The summed E-state index contributed by atoms with van der Waals surface area (Å²) in [6, 6.07) is 13.4. The normalized spacial score (nSPS) is 14.6. The molecule has 0 spiro atoms. The summed E-state index contributed by atoms with van der Waals surface area (Å²) in [6.45, 7) is 11.4. The molecular formula is C30H33N9O2. The van der Waals surface area contributed by atoms with Crippen LogP contribution in [-0.2, 0) is 12.1 Å². The number of likely N-dealkylation sites (N-methyl/N-ethyl adjacent to an activating group) is 1. The lowest BCUT2D eigenvalue weighted by Crippen LogP contribution is -2.44. The first-order valence-electron chi connectivity index (χ1n) is 13.6. The number of pyridine rings is 2. The van der Waals surface area contributed by atoms with Crippen molar-refractivity contribution >= 4 is 39.3 Å². The summed E-state index contributed by atoms with van der Waals surface area (Å²) in [6.07, 6.45) is 5.08. The molecule has 0 saturated carbocycles. The van der Waals surface area contributed by atoms with E-state index in [1.165, 1.54) is 10.9 Å². The van der Waals surface area contributed by atoms with Crippen molar-refractivity contribution in [3.63, 3.8) is 0 Å². The van der Waals surface area contributed by atoms with Crippen molar-refractivity contribution < 1.29 is 5.11 Å². The summed E-state index contributed by atoms with van der Waals surface area (Å²) < 4.78 is 3.15. The van der Waals surface area contributed by atoms with Crippen LogP contribution < -0.4 is 15.8 Å². The number of allylic oxidation sites excluding steroid dienone is 1. The Morgan fingerprint density at radius 2 is 1.85 bits per heavy atom. The summed E-state index contributed by atoms with van der Waals surface area (Å²) in [7, 11) is 2.15. The average molecular weight is 552 g/mol. The smallest absolute Gasteiger partial charge is 0.278 e. The Kier molecular flexibility index (Phi) is 6.76. The molecule has 0 amide bonds. The molecule has 1 aliphatic heterocycles. The number of hydrogen-bond donors (Lipinski definition) is 2. The molecule has 210 valence electrons. The molecule has 0 unspecified atom stereocenters. The minimum Gasteiger partial charge on any atom is -0.384 e. The number of hydrogen-bond acceptors (Lipinski definition) is 9. The van der Waals surface area contributed by atoms with Gasteiger partial charge in [0.15, 0.2) is 11.5 Å². The first-order valence-corrected chi connectivity index (χ1v) is 13.6. The van der Waals surface area contributed by atoms with Crippen molar-refractivity contribution in [2.24, 2.45) is 0 Å². The van der Waals surface area contributed by atoms with Crippen molar-refractivity contribution in [2.75, 3.05) is 43.4 Å². The van der Waals surface area contributed by atoms with Gasteiger partial charge >= 0.3 is 0 Å². The molecule has 41 heavy (non-hydrogen) atoms. The molecule has 6 rings (SSSR count). The number of rotatable bonds is 7.